The second-order valence-corrected chi connectivity index (χ2v) is 10.2. The Hall–Kier alpha value is -2.45. The first-order valence-electron chi connectivity index (χ1n) is 12.6. The van der Waals surface area contributed by atoms with Crippen LogP contribution in [-0.2, 0) is 4.79 Å². The molecular formula is C26H36N4O3S. The van der Waals surface area contributed by atoms with Crippen LogP contribution < -0.4 is 10.2 Å². The number of aliphatic hydroxyl groups excluding tert-OH is 1. The standard InChI is InChI=1S/C26H36N4O3S/c1-2-3-11-23(31)26(33)30-16-12-19(13-17-30)25-28-21(18-34-25)24(32)27-20-9-5-6-10-22(20)29-14-7-4-8-15-29/h5-6,9-10,18-19,23,31H,2-4,7-8,11-17H2,1H3,(H,27,32). The lowest BCUT2D eigenvalue weighted by Crippen LogP contribution is -2.43. The van der Waals surface area contributed by atoms with Crippen LogP contribution in [0.15, 0.2) is 29.6 Å². The number of hydrogen-bond donors (Lipinski definition) is 2. The van der Waals surface area contributed by atoms with Crippen LogP contribution >= 0.6 is 11.3 Å². The van der Waals surface area contributed by atoms with Crippen molar-refractivity contribution in [3.63, 3.8) is 0 Å². The molecule has 4 rings (SSSR count). The van der Waals surface area contributed by atoms with Gasteiger partial charge in [-0.3, -0.25) is 9.59 Å². The predicted octanol–water partition coefficient (Wildman–Crippen LogP) is 4.64. The molecule has 1 atom stereocenters. The van der Waals surface area contributed by atoms with Gasteiger partial charge < -0.3 is 20.2 Å². The van der Waals surface area contributed by atoms with Gasteiger partial charge in [0.25, 0.3) is 11.8 Å². The van der Waals surface area contributed by atoms with E-state index in [2.05, 4.69) is 28.2 Å². The van der Waals surface area contributed by atoms with Crippen molar-refractivity contribution >= 4 is 34.5 Å². The van der Waals surface area contributed by atoms with Crippen LogP contribution in [0.3, 0.4) is 0 Å². The number of hydrogen-bond acceptors (Lipinski definition) is 6. The second-order valence-electron chi connectivity index (χ2n) is 9.35. The van der Waals surface area contributed by atoms with Crippen molar-refractivity contribution < 1.29 is 14.7 Å². The van der Waals surface area contributed by atoms with Crippen molar-refractivity contribution in [2.45, 2.75) is 70.3 Å². The molecule has 1 unspecified atom stereocenters. The van der Waals surface area contributed by atoms with Crippen LogP contribution in [0.1, 0.15) is 79.7 Å². The number of rotatable bonds is 8. The highest BCUT2D eigenvalue weighted by Gasteiger charge is 2.29. The minimum Gasteiger partial charge on any atom is -0.383 e. The second kappa shape index (κ2) is 11.8. The molecule has 2 aromatic rings. The van der Waals surface area contributed by atoms with E-state index in [0.29, 0.717) is 25.2 Å². The number of carbonyl (C=O) groups excluding carboxylic acids is 2. The molecular weight excluding hydrogens is 448 g/mol. The minimum atomic E-state index is -0.889. The molecule has 2 fully saturated rings. The van der Waals surface area contributed by atoms with Crippen LogP contribution in [0.5, 0.6) is 0 Å². The Morgan fingerprint density at radius 3 is 2.62 bits per heavy atom. The summed E-state index contributed by atoms with van der Waals surface area (Å²) in [5.74, 6) is -0.0962. The van der Waals surface area contributed by atoms with E-state index in [-0.39, 0.29) is 17.7 Å². The average Bonchev–Trinajstić information content (AvgIpc) is 3.38. The SMILES string of the molecule is CCCCC(O)C(=O)N1CCC(c2nc(C(=O)Nc3ccccc3N3CCCCC3)cs2)CC1. The molecule has 0 saturated carbocycles. The number of anilines is 2. The summed E-state index contributed by atoms with van der Waals surface area (Å²) in [6, 6.07) is 7.99. The molecule has 7 nitrogen and oxygen atoms in total. The number of aliphatic hydroxyl groups is 1. The van der Waals surface area contributed by atoms with Crippen molar-refractivity contribution in [1.82, 2.24) is 9.88 Å². The molecule has 2 saturated heterocycles. The molecule has 1 aromatic carbocycles. The van der Waals surface area contributed by atoms with E-state index in [1.54, 1.807) is 4.90 Å². The quantitative estimate of drug-likeness (QED) is 0.570. The van der Waals surface area contributed by atoms with E-state index in [1.807, 2.05) is 23.6 Å². The zero-order chi connectivity index (χ0) is 23.9. The molecule has 2 amide bonds. The van der Waals surface area contributed by atoms with Gasteiger partial charge in [-0.25, -0.2) is 4.98 Å². The first-order chi connectivity index (χ1) is 16.6. The van der Waals surface area contributed by atoms with Crippen LogP contribution in [0.4, 0.5) is 11.4 Å². The van der Waals surface area contributed by atoms with Crippen LogP contribution in [0, 0.1) is 0 Å². The Kier molecular flexibility index (Phi) is 8.56. The van der Waals surface area contributed by atoms with Gasteiger partial charge in [-0.2, -0.15) is 0 Å². The van der Waals surface area contributed by atoms with E-state index in [1.165, 1.54) is 30.6 Å². The third-order valence-corrected chi connectivity index (χ3v) is 7.88. The van der Waals surface area contributed by atoms with Gasteiger partial charge in [-0.15, -0.1) is 11.3 Å². The van der Waals surface area contributed by atoms with Crippen molar-refractivity contribution in [1.29, 1.82) is 0 Å². The number of carbonyl (C=O) groups is 2. The number of benzene rings is 1. The summed E-state index contributed by atoms with van der Waals surface area (Å²) >= 11 is 1.52. The first kappa shape index (κ1) is 24.7. The number of likely N-dealkylation sites (tertiary alicyclic amines) is 1. The molecule has 1 aromatic heterocycles. The smallest absolute Gasteiger partial charge is 0.275 e. The van der Waals surface area contributed by atoms with E-state index in [4.69, 9.17) is 0 Å². The monoisotopic (exact) mass is 484 g/mol. The lowest BCUT2D eigenvalue weighted by atomic mass is 9.97. The molecule has 0 radical (unpaired) electrons. The number of amides is 2. The summed E-state index contributed by atoms with van der Waals surface area (Å²) in [7, 11) is 0. The number of nitrogens with one attached hydrogen (secondary N) is 1. The van der Waals surface area contributed by atoms with Gasteiger partial charge in [0.2, 0.25) is 0 Å². The summed E-state index contributed by atoms with van der Waals surface area (Å²) < 4.78 is 0. The summed E-state index contributed by atoms with van der Waals surface area (Å²) in [4.78, 5) is 34.2. The number of nitrogens with zero attached hydrogens (tertiary/aromatic N) is 3. The Balaban J connectivity index is 1.34. The Bertz CT molecular complexity index is 964. The van der Waals surface area contributed by atoms with Gasteiger partial charge in [-0.1, -0.05) is 31.9 Å². The lowest BCUT2D eigenvalue weighted by Gasteiger charge is -2.32. The fraction of sp³-hybridized carbons (Fsp3) is 0.577. The van der Waals surface area contributed by atoms with Crippen molar-refractivity contribution in [2.24, 2.45) is 0 Å². The third kappa shape index (κ3) is 5.96. The molecule has 8 heteroatoms. The first-order valence-corrected chi connectivity index (χ1v) is 13.5. The molecule has 0 aliphatic carbocycles. The Labute approximate surface area is 206 Å². The van der Waals surface area contributed by atoms with E-state index in [9.17, 15) is 14.7 Å². The lowest BCUT2D eigenvalue weighted by molar-refractivity contribution is -0.141. The van der Waals surface area contributed by atoms with Crippen LogP contribution in [-0.4, -0.2) is 59.1 Å². The topological polar surface area (TPSA) is 85.8 Å². The van der Waals surface area contributed by atoms with Crippen molar-refractivity contribution in [3.05, 3.63) is 40.3 Å². The van der Waals surface area contributed by atoms with E-state index >= 15 is 0 Å². The summed E-state index contributed by atoms with van der Waals surface area (Å²) in [6.45, 7) is 5.34. The van der Waals surface area contributed by atoms with Gasteiger partial charge in [0.1, 0.15) is 11.8 Å². The fourth-order valence-corrected chi connectivity index (χ4v) is 5.81. The maximum Gasteiger partial charge on any atom is 0.275 e. The molecule has 3 heterocycles. The number of unbranched alkanes of at least 4 members (excludes halogenated alkanes) is 1. The maximum absolute atomic E-state index is 13.0. The number of para-hydroxylation sites is 2. The predicted molar refractivity (Wildman–Crippen MR) is 137 cm³/mol. The highest BCUT2D eigenvalue weighted by Crippen LogP contribution is 2.32. The number of piperidine rings is 2. The van der Waals surface area contributed by atoms with Gasteiger partial charge in [-0.05, 0) is 50.7 Å². The third-order valence-electron chi connectivity index (χ3n) is 6.88. The maximum atomic E-state index is 13.0. The average molecular weight is 485 g/mol. The Morgan fingerprint density at radius 1 is 1.15 bits per heavy atom. The van der Waals surface area contributed by atoms with Crippen LogP contribution in [0.2, 0.25) is 0 Å². The largest absolute Gasteiger partial charge is 0.383 e. The molecule has 0 spiro atoms. The minimum absolute atomic E-state index is 0.154. The molecule has 2 aliphatic rings. The zero-order valence-corrected chi connectivity index (χ0v) is 20.9. The molecule has 34 heavy (non-hydrogen) atoms. The van der Waals surface area contributed by atoms with Crippen molar-refractivity contribution in [3.8, 4) is 0 Å². The fourth-order valence-electron chi connectivity index (χ4n) is 4.83. The highest BCUT2D eigenvalue weighted by molar-refractivity contribution is 7.10. The zero-order valence-electron chi connectivity index (χ0n) is 20.0. The molecule has 2 N–H and O–H groups in total. The number of aromatic nitrogens is 1. The van der Waals surface area contributed by atoms with Crippen LogP contribution in [0.25, 0.3) is 0 Å². The van der Waals surface area contributed by atoms with E-state index in [0.717, 1.165) is 55.2 Å². The van der Waals surface area contributed by atoms with Crippen molar-refractivity contribution in [2.75, 3.05) is 36.4 Å². The summed E-state index contributed by atoms with van der Waals surface area (Å²) in [5.41, 5.74) is 2.35. The van der Waals surface area contributed by atoms with Gasteiger partial charge in [0.05, 0.1) is 16.4 Å². The summed E-state index contributed by atoms with van der Waals surface area (Å²) in [5, 5.41) is 16.0. The number of thiazole rings is 1. The normalized spacial score (nSPS) is 18.1. The van der Waals surface area contributed by atoms with Gasteiger partial charge >= 0.3 is 0 Å². The molecule has 184 valence electrons. The van der Waals surface area contributed by atoms with Gasteiger partial charge in [0.15, 0.2) is 0 Å². The molecule has 0 bridgehead atoms. The Morgan fingerprint density at radius 2 is 1.88 bits per heavy atom. The summed E-state index contributed by atoms with van der Waals surface area (Å²) in [6.07, 6.45) is 6.70. The van der Waals surface area contributed by atoms with E-state index < -0.39 is 6.10 Å². The molecule has 2 aliphatic heterocycles. The van der Waals surface area contributed by atoms with Gasteiger partial charge in [0, 0.05) is 37.5 Å². The highest BCUT2D eigenvalue weighted by atomic mass is 32.1.